The standard InChI is InChI=1S/C27H41NO4/c1-22(12-6-4-7-13-23-14-8-5-9-15-23)25(29)19-17-24-18-20-26(30)28(24)21-11-3-2-10-16-27(31)32/h5,8-9,14-15,17,19,22,24-25,29H,2-4,6-7,10-13,16,18,20-21H2,1H3,(H,31,32)/t22-,24?,25+/m0/s1. The fourth-order valence-electron chi connectivity index (χ4n) is 4.38. The number of carboxylic acid groups (broad SMARTS) is 1. The predicted octanol–water partition coefficient (Wildman–Crippen LogP) is 5.37. The first-order valence-electron chi connectivity index (χ1n) is 12.4. The van der Waals surface area contributed by atoms with Gasteiger partial charge < -0.3 is 15.1 Å². The summed E-state index contributed by atoms with van der Waals surface area (Å²) in [6.45, 7) is 2.81. The number of nitrogens with zero attached hydrogens (tertiary/aromatic N) is 1. The lowest BCUT2D eigenvalue weighted by molar-refractivity contribution is -0.137. The number of carbonyl (C=O) groups is 2. The lowest BCUT2D eigenvalue weighted by Gasteiger charge is -2.23. The first kappa shape index (κ1) is 26.1. The summed E-state index contributed by atoms with van der Waals surface area (Å²) in [6.07, 6.45) is 14.1. The molecule has 1 saturated heterocycles. The quantitative estimate of drug-likeness (QED) is 0.266. The van der Waals surface area contributed by atoms with E-state index in [1.165, 1.54) is 18.4 Å². The molecule has 2 N–H and O–H groups in total. The number of likely N-dealkylation sites (tertiary alicyclic amines) is 1. The van der Waals surface area contributed by atoms with Crippen LogP contribution in [0.3, 0.4) is 0 Å². The van der Waals surface area contributed by atoms with Crippen molar-refractivity contribution in [1.82, 2.24) is 4.90 Å². The maximum atomic E-state index is 12.2. The van der Waals surface area contributed by atoms with E-state index in [1.54, 1.807) is 0 Å². The fraction of sp³-hybridized carbons (Fsp3) is 0.630. The largest absolute Gasteiger partial charge is 0.481 e. The molecule has 0 aliphatic carbocycles. The molecule has 1 unspecified atom stereocenters. The van der Waals surface area contributed by atoms with Crippen molar-refractivity contribution >= 4 is 11.9 Å². The summed E-state index contributed by atoms with van der Waals surface area (Å²) in [6, 6.07) is 10.6. The van der Waals surface area contributed by atoms with Gasteiger partial charge in [0.15, 0.2) is 0 Å². The highest BCUT2D eigenvalue weighted by Gasteiger charge is 2.28. The van der Waals surface area contributed by atoms with Gasteiger partial charge in [-0.15, -0.1) is 0 Å². The summed E-state index contributed by atoms with van der Waals surface area (Å²) in [5, 5.41) is 19.2. The highest BCUT2D eigenvalue weighted by atomic mass is 16.4. The van der Waals surface area contributed by atoms with E-state index in [0.29, 0.717) is 19.4 Å². The van der Waals surface area contributed by atoms with Gasteiger partial charge in [-0.1, -0.05) is 75.1 Å². The molecule has 1 aliphatic rings. The summed E-state index contributed by atoms with van der Waals surface area (Å²) in [7, 11) is 0. The minimum Gasteiger partial charge on any atom is -0.481 e. The number of aryl methyl sites for hydroxylation is 1. The van der Waals surface area contributed by atoms with Crippen molar-refractivity contribution < 1.29 is 19.8 Å². The molecule has 0 aromatic heterocycles. The van der Waals surface area contributed by atoms with Gasteiger partial charge in [0.2, 0.25) is 5.91 Å². The molecule has 1 aromatic rings. The predicted molar refractivity (Wildman–Crippen MR) is 128 cm³/mol. The third-order valence-corrected chi connectivity index (χ3v) is 6.50. The van der Waals surface area contributed by atoms with Crippen molar-refractivity contribution in [3.05, 3.63) is 48.0 Å². The summed E-state index contributed by atoms with van der Waals surface area (Å²) in [5.74, 6) is -0.348. The molecular formula is C27H41NO4. The zero-order valence-corrected chi connectivity index (χ0v) is 19.6. The molecule has 3 atom stereocenters. The second kappa shape index (κ2) is 14.8. The van der Waals surface area contributed by atoms with E-state index in [0.717, 1.165) is 44.9 Å². The van der Waals surface area contributed by atoms with E-state index in [2.05, 4.69) is 31.2 Å². The maximum Gasteiger partial charge on any atom is 0.303 e. The van der Waals surface area contributed by atoms with Crippen LogP contribution in [0.5, 0.6) is 0 Å². The molecule has 0 spiro atoms. The van der Waals surface area contributed by atoms with Gasteiger partial charge in [-0.05, 0) is 50.0 Å². The van der Waals surface area contributed by atoms with Crippen LogP contribution in [-0.2, 0) is 16.0 Å². The van der Waals surface area contributed by atoms with Crippen LogP contribution in [0.1, 0.15) is 83.1 Å². The van der Waals surface area contributed by atoms with Crippen LogP contribution in [0.4, 0.5) is 0 Å². The Morgan fingerprint density at radius 1 is 1.09 bits per heavy atom. The van der Waals surface area contributed by atoms with E-state index in [-0.39, 0.29) is 24.3 Å². The average Bonchev–Trinajstić information content (AvgIpc) is 3.13. The zero-order chi connectivity index (χ0) is 23.2. The number of aliphatic hydroxyl groups excluding tert-OH is 1. The molecule has 5 nitrogen and oxygen atoms in total. The monoisotopic (exact) mass is 443 g/mol. The van der Waals surface area contributed by atoms with Crippen LogP contribution in [0.25, 0.3) is 0 Å². The number of amides is 1. The molecule has 2 rings (SSSR count). The van der Waals surface area contributed by atoms with Crippen molar-refractivity contribution in [2.75, 3.05) is 6.54 Å². The van der Waals surface area contributed by atoms with Crippen molar-refractivity contribution in [3.8, 4) is 0 Å². The van der Waals surface area contributed by atoms with Crippen LogP contribution >= 0.6 is 0 Å². The number of carbonyl (C=O) groups excluding carboxylic acids is 1. The van der Waals surface area contributed by atoms with Gasteiger partial charge in [-0.3, -0.25) is 9.59 Å². The number of benzene rings is 1. The lowest BCUT2D eigenvalue weighted by Crippen LogP contribution is -2.33. The van der Waals surface area contributed by atoms with Crippen molar-refractivity contribution in [1.29, 1.82) is 0 Å². The Kier molecular flexibility index (Phi) is 12.1. The highest BCUT2D eigenvalue weighted by molar-refractivity contribution is 5.79. The lowest BCUT2D eigenvalue weighted by atomic mass is 9.95. The second-order valence-corrected chi connectivity index (χ2v) is 9.19. The van der Waals surface area contributed by atoms with Crippen LogP contribution in [0.15, 0.2) is 42.5 Å². The molecule has 32 heavy (non-hydrogen) atoms. The molecule has 1 aromatic carbocycles. The van der Waals surface area contributed by atoms with E-state index < -0.39 is 12.1 Å². The Bertz CT molecular complexity index is 703. The molecule has 5 heteroatoms. The van der Waals surface area contributed by atoms with Gasteiger partial charge >= 0.3 is 5.97 Å². The van der Waals surface area contributed by atoms with Gasteiger partial charge in [-0.2, -0.15) is 0 Å². The SMILES string of the molecule is C[C@@H](CCCCCc1ccccc1)[C@H](O)C=CC1CCC(=O)N1CCCCCCC(=O)O. The van der Waals surface area contributed by atoms with Crippen LogP contribution in [-0.4, -0.2) is 45.7 Å². The topological polar surface area (TPSA) is 77.8 Å². The van der Waals surface area contributed by atoms with E-state index in [9.17, 15) is 14.7 Å². The smallest absolute Gasteiger partial charge is 0.303 e. The minimum absolute atomic E-state index is 0.0780. The average molecular weight is 444 g/mol. The highest BCUT2D eigenvalue weighted by Crippen LogP contribution is 2.22. The Morgan fingerprint density at radius 3 is 2.56 bits per heavy atom. The summed E-state index contributed by atoms with van der Waals surface area (Å²) < 4.78 is 0. The van der Waals surface area contributed by atoms with Crippen molar-refractivity contribution in [2.45, 2.75) is 96.1 Å². The first-order valence-corrected chi connectivity index (χ1v) is 12.4. The molecule has 1 heterocycles. The van der Waals surface area contributed by atoms with Crippen LogP contribution < -0.4 is 0 Å². The van der Waals surface area contributed by atoms with Crippen LogP contribution in [0.2, 0.25) is 0 Å². The van der Waals surface area contributed by atoms with E-state index in [1.807, 2.05) is 23.1 Å². The second-order valence-electron chi connectivity index (χ2n) is 9.19. The maximum absolute atomic E-state index is 12.2. The molecule has 1 amide bonds. The molecule has 0 saturated carbocycles. The number of rotatable bonds is 16. The van der Waals surface area contributed by atoms with Gasteiger partial charge in [0.25, 0.3) is 0 Å². The minimum atomic E-state index is -0.745. The zero-order valence-electron chi connectivity index (χ0n) is 19.6. The number of hydrogen-bond donors (Lipinski definition) is 2. The summed E-state index contributed by atoms with van der Waals surface area (Å²) in [5.41, 5.74) is 1.39. The third kappa shape index (κ3) is 9.99. The number of carboxylic acids is 1. The number of unbranched alkanes of at least 4 members (excludes halogenated alkanes) is 5. The van der Waals surface area contributed by atoms with Crippen LogP contribution in [0, 0.1) is 5.92 Å². The van der Waals surface area contributed by atoms with Gasteiger partial charge in [-0.25, -0.2) is 0 Å². The Balaban J connectivity index is 1.63. The van der Waals surface area contributed by atoms with Gasteiger partial charge in [0.1, 0.15) is 0 Å². The Labute approximate surface area is 193 Å². The number of aliphatic hydroxyl groups is 1. The first-order chi connectivity index (χ1) is 15.5. The molecule has 0 bridgehead atoms. The van der Waals surface area contributed by atoms with Gasteiger partial charge in [0.05, 0.1) is 12.1 Å². The van der Waals surface area contributed by atoms with E-state index in [4.69, 9.17) is 5.11 Å². The third-order valence-electron chi connectivity index (χ3n) is 6.50. The number of hydrogen-bond acceptors (Lipinski definition) is 3. The summed E-state index contributed by atoms with van der Waals surface area (Å²) in [4.78, 5) is 24.7. The van der Waals surface area contributed by atoms with Crippen molar-refractivity contribution in [3.63, 3.8) is 0 Å². The fourth-order valence-corrected chi connectivity index (χ4v) is 4.38. The normalized spacial score (nSPS) is 18.4. The van der Waals surface area contributed by atoms with E-state index >= 15 is 0 Å². The summed E-state index contributed by atoms with van der Waals surface area (Å²) >= 11 is 0. The molecule has 1 fully saturated rings. The Hall–Kier alpha value is -2.14. The Morgan fingerprint density at radius 2 is 1.81 bits per heavy atom. The molecule has 0 radical (unpaired) electrons. The molecule has 178 valence electrons. The molecular weight excluding hydrogens is 402 g/mol. The van der Waals surface area contributed by atoms with Gasteiger partial charge in [0, 0.05) is 19.4 Å². The molecule has 1 aliphatic heterocycles. The number of aliphatic carboxylic acids is 1. The van der Waals surface area contributed by atoms with Crippen molar-refractivity contribution in [2.24, 2.45) is 5.92 Å².